The molecule has 1 rings (SSSR count). The summed E-state index contributed by atoms with van der Waals surface area (Å²) in [6.07, 6.45) is 1.33. The number of hydrogen-bond acceptors (Lipinski definition) is 4. The van der Waals surface area contributed by atoms with Crippen LogP contribution in [0.1, 0.15) is 5.56 Å². The minimum atomic E-state index is -0.186. The van der Waals surface area contributed by atoms with Crippen LogP contribution in [-0.4, -0.2) is 11.2 Å². The highest BCUT2D eigenvalue weighted by Gasteiger charge is 1.99. The number of benzene rings is 1. The second-order valence-electron chi connectivity index (χ2n) is 2.02. The maximum atomic E-state index is 9.80. The summed E-state index contributed by atoms with van der Waals surface area (Å²) in [5, 5.41) is 17.5. The monoisotopic (exact) mass is 160 g/mol. The van der Waals surface area contributed by atoms with Crippen molar-refractivity contribution >= 4 is 11.8 Å². The number of aliphatic imine (C=N–C) groups is 1. The topological polar surface area (TPSA) is 73.5 Å². The Labute approximate surface area is 68.4 Å². The lowest BCUT2D eigenvalue weighted by atomic mass is 10.2. The van der Waals surface area contributed by atoms with E-state index in [2.05, 4.69) is 4.99 Å². The van der Waals surface area contributed by atoms with Crippen molar-refractivity contribution < 1.29 is 9.90 Å². The second-order valence-corrected chi connectivity index (χ2v) is 2.02. The molecular weight excluding hydrogens is 156 g/mol. The van der Waals surface area contributed by atoms with Crippen molar-refractivity contribution in [3.8, 4) is 11.8 Å². The molecule has 0 aliphatic rings. The molecule has 0 unspecified atom stereocenters. The zero-order valence-corrected chi connectivity index (χ0v) is 5.98. The number of aromatic hydroxyl groups is 1. The SMILES string of the molecule is N#Cc1ccc(N=C=O)cc1O. The third-order valence-electron chi connectivity index (χ3n) is 1.28. The van der Waals surface area contributed by atoms with Crippen LogP contribution in [0.25, 0.3) is 0 Å². The molecule has 0 aromatic heterocycles. The Bertz CT molecular complexity index is 387. The first-order chi connectivity index (χ1) is 5.77. The summed E-state index contributed by atoms with van der Waals surface area (Å²) in [5.41, 5.74) is 0.432. The Kier molecular flexibility index (Phi) is 2.22. The number of isocyanates is 1. The molecule has 0 saturated heterocycles. The largest absolute Gasteiger partial charge is 0.506 e. The average molecular weight is 160 g/mol. The zero-order chi connectivity index (χ0) is 8.97. The summed E-state index contributed by atoms with van der Waals surface area (Å²) in [7, 11) is 0. The third-order valence-corrected chi connectivity index (χ3v) is 1.28. The number of phenols is 1. The van der Waals surface area contributed by atoms with Crippen LogP contribution >= 0.6 is 0 Å². The van der Waals surface area contributed by atoms with Gasteiger partial charge < -0.3 is 5.11 Å². The highest BCUT2D eigenvalue weighted by molar-refractivity contribution is 5.55. The van der Waals surface area contributed by atoms with Crippen molar-refractivity contribution in [1.29, 1.82) is 5.26 Å². The van der Waals surface area contributed by atoms with E-state index in [1.165, 1.54) is 24.3 Å². The van der Waals surface area contributed by atoms with Gasteiger partial charge in [0.2, 0.25) is 6.08 Å². The molecule has 0 spiro atoms. The summed E-state index contributed by atoms with van der Waals surface area (Å²) in [6, 6.07) is 5.83. The molecule has 0 saturated carbocycles. The van der Waals surface area contributed by atoms with Gasteiger partial charge in [-0.15, -0.1) is 0 Å². The normalized spacial score (nSPS) is 8.25. The Morgan fingerprint density at radius 1 is 1.50 bits per heavy atom. The van der Waals surface area contributed by atoms with Crippen molar-refractivity contribution in [2.24, 2.45) is 4.99 Å². The molecule has 12 heavy (non-hydrogen) atoms. The Morgan fingerprint density at radius 3 is 2.75 bits per heavy atom. The van der Waals surface area contributed by atoms with Crippen LogP contribution in [0.15, 0.2) is 23.2 Å². The van der Waals surface area contributed by atoms with E-state index < -0.39 is 0 Å². The molecule has 0 radical (unpaired) electrons. The number of rotatable bonds is 1. The van der Waals surface area contributed by atoms with Crippen molar-refractivity contribution in [1.82, 2.24) is 0 Å². The van der Waals surface area contributed by atoms with Gasteiger partial charge in [-0.1, -0.05) is 0 Å². The van der Waals surface area contributed by atoms with Crippen LogP contribution < -0.4 is 0 Å². The summed E-state index contributed by atoms with van der Waals surface area (Å²) in [5.74, 6) is -0.186. The molecule has 1 N–H and O–H groups in total. The van der Waals surface area contributed by atoms with Crippen LogP contribution in [0.3, 0.4) is 0 Å². The molecule has 1 aromatic carbocycles. The van der Waals surface area contributed by atoms with Crippen LogP contribution in [0.2, 0.25) is 0 Å². The van der Waals surface area contributed by atoms with E-state index in [1.807, 2.05) is 0 Å². The van der Waals surface area contributed by atoms with Gasteiger partial charge in [0, 0.05) is 6.07 Å². The first kappa shape index (κ1) is 7.99. The van der Waals surface area contributed by atoms with E-state index in [4.69, 9.17) is 10.4 Å². The van der Waals surface area contributed by atoms with Crippen LogP contribution in [-0.2, 0) is 4.79 Å². The first-order valence-electron chi connectivity index (χ1n) is 3.09. The second kappa shape index (κ2) is 3.33. The van der Waals surface area contributed by atoms with E-state index in [-0.39, 0.29) is 17.0 Å². The highest BCUT2D eigenvalue weighted by Crippen LogP contribution is 2.22. The van der Waals surface area contributed by atoms with E-state index in [1.54, 1.807) is 6.07 Å². The van der Waals surface area contributed by atoms with Crippen LogP contribution in [0, 0.1) is 11.3 Å². The number of phenolic OH excluding ortho intramolecular Hbond substituents is 1. The summed E-state index contributed by atoms with van der Waals surface area (Å²) >= 11 is 0. The van der Waals surface area contributed by atoms with Crippen molar-refractivity contribution in [3.63, 3.8) is 0 Å². The predicted molar refractivity (Wildman–Crippen MR) is 40.6 cm³/mol. The predicted octanol–water partition coefficient (Wildman–Crippen LogP) is 1.23. The Hall–Kier alpha value is -2.11. The molecule has 58 valence electrons. The fourth-order valence-electron chi connectivity index (χ4n) is 0.737. The molecule has 4 nitrogen and oxygen atoms in total. The zero-order valence-electron chi connectivity index (χ0n) is 5.98. The number of carbonyl (C=O) groups excluding carboxylic acids is 1. The molecule has 4 heteroatoms. The Balaban J connectivity index is 3.20. The molecule has 0 amide bonds. The van der Waals surface area contributed by atoms with Gasteiger partial charge in [0.05, 0.1) is 11.3 Å². The van der Waals surface area contributed by atoms with Gasteiger partial charge in [-0.3, -0.25) is 0 Å². The molecular formula is C8H4N2O2. The first-order valence-corrected chi connectivity index (χ1v) is 3.09. The number of hydrogen-bond donors (Lipinski definition) is 1. The third kappa shape index (κ3) is 1.48. The molecule has 0 heterocycles. The quantitative estimate of drug-likeness (QED) is 0.496. The molecule has 0 bridgehead atoms. The minimum absolute atomic E-state index is 0.153. The van der Waals surface area contributed by atoms with Gasteiger partial charge in [-0.05, 0) is 12.1 Å². The smallest absolute Gasteiger partial charge is 0.240 e. The lowest BCUT2D eigenvalue weighted by Crippen LogP contribution is -1.74. The van der Waals surface area contributed by atoms with Gasteiger partial charge in [-0.25, -0.2) is 4.79 Å². The van der Waals surface area contributed by atoms with E-state index in [9.17, 15) is 4.79 Å². The minimum Gasteiger partial charge on any atom is -0.506 e. The van der Waals surface area contributed by atoms with Crippen LogP contribution in [0.5, 0.6) is 5.75 Å². The van der Waals surface area contributed by atoms with Crippen molar-refractivity contribution in [3.05, 3.63) is 23.8 Å². The summed E-state index contributed by atoms with van der Waals surface area (Å²) in [6.45, 7) is 0. The molecule has 0 atom stereocenters. The summed E-state index contributed by atoms with van der Waals surface area (Å²) in [4.78, 5) is 13.1. The van der Waals surface area contributed by atoms with Gasteiger partial charge in [0.25, 0.3) is 0 Å². The molecule has 0 fully saturated rings. The standard InChI is InChI=1S/C8H4N2O2/c9-4-6-1-2-7(10-5-11)3-8(6)12/h1-3,12H. The molecule has 1 aromatic rings. The molecule has 0 aliphatic carbocycles. The fraction of sp³-hybridized carbons (Fsp3) is 0. The van der Waals surface area contributed by atoms with E-state index in [0.29, 0.717) is 0 Å². The van der Waals surface area contributed by atoms with E-state index >= 15 is 0 Å². The Morgan fingerprint density at radius 2 is 2.25 bits per heavy atom. The van der Waals surface area contributed by atoms with Gasteiger partial charge in [0.15, 0.2) is 0 Å². The van der Waals surface area contributed by atoms with Crippen molar-refractivity contribution in [2.75, 3.05) is 0 Å². The number of nitriles is 1. The number of nitrogens with zero attached hydrogens (tertiary/aromatic N) is 2. The molecule has 0 aliphatic heterocycles. The van der Waals surface area contributed by atoms with Crippen LogP contribution in [0.4, 0.5) is 5.69 Å². The van der Waals surface area contributed by atoms with Gasteiger partial charge in [-0.2, -0.15) is 10.3 Å². The lowest BCUT2D eigenvalue weighted by molar-refractivity contribution is 0.474. The van der Waals surface area contributed by atoms with Crippen molar-refractivity contribution in [2.45, 2.75) is 0 Å². The van der Waals surface area contributed by atoms with Gasteiger partial charge >= 0.3 is 0 Å². The average Bonchev–Trinajstić information content (AvgIpc) is 2.05. The maximum Gasteiger partial charge on any atom is 0.240 e. The highest BCUT2D eigenvalue weighted by atomic mass is 16.3. The fourth-order valence-corrected chi connectivity index (χ4v) is 0.737. The van der Waals surface area contributed by atoms with E-state index in [0.717, 1.165) is 0 Å². The lowest BCUT2D eigenvalue weighted by Gasteiger charge is -1.94. The van der Waals surface area contributed by atoms with Gasteiger partial charge in [0.1, 0.15) is 11.8 Å². The summed E-state index contributed by atoms with van der Waals surface area (Å²) < 4.78 is 0. The maximum absolute atomic E-state index is 9.80.